The molecule has 0 radical (unpaired) electrons. The summed E-state index contributed by atoms with van der Waals surface area (Å²) in [5.41, 5.74) is 5.79. The molecule has 1 rings (SSSR count). The Morgan fingerprint density at radius 2 is 2.30 bits per heavy atom. The Morgan fingerprint density at radius 1 is 1.70 bits per heavy atom. The minimum Gasteiger partial charge on any atom is -0.378 e. The Hall–Kier alpha value is -0.120. The molecule has 1 fully saturated rings. The van der Waals surface area contributed by atoms with E-state index in [4.69, 9.17) is 10.5 Å². The first kappa shape index (κ1) is 7.98. The van der Waals surface area contributed by atoms with Gasteiger partial charge >= 0.3 is 0 Å². The molecule has 0 unspecified atom stereocenters. The van der Waals surface area contributed by atoms with Gasteiger partial charge in [0.15, 0.2) is 0 Å². The number of hydrogen-bond donors (Lipinski definition) is 1. The number of likely N-dealkylation sites (tertiary alicyclic amines) is 1. The third-order valence-corrected chi connectivity index (χ3v) is 2.11. The van der Waals surface area contributed by atoms with Crippen molar-refractivity contribution in [3.8, 4) is 0 Å². The maximum Gasteiger partial charge on any atom is 0.0886 e. The minimum atomic E-state index is -0.163. The number of likely N-dealkylation sites (N-methyl/N-ethyl adjacent to an activating group) is 1. The van der Waals surface area contributed by atoms with E-state index in [2.05, 4.69) is 11.9 Å². The highest BCUT2D eigenvalue weighted by Crippen LogP contribution is 2.19. The predicted molar refractivity (Wildman–Crippen MR) is 40.9 cm³/mol. The van der Waals surface area contributed by atoms with Crippen LogP contribution in [0.15, 0.2) is 0 Å². The molecule has 1 heterocycles. The van der Waals surface area contributed by atoms with E-state index in [9.17, 15) is 0 Å². The van der Waals surface area contributed by atoms with Crippen LogP contribution in [0.1, 0.15) is 6.92 Å². The van der Waals surface area contributed by atoms with Gasteiger partial charge in [-0.25, -0.2) is 0 Å². The summed E-state index contributed by atoms with van der Waals surface area (Å²) in [5.74, 6) is 0. The van der Waals surface area contributed by atoms with Crippen molar-refractivity contribution in [3.05, 3.63) is 0 Å². The van der Waals surface area contributed by atoms with E-state index < -0.39 is 0 Å². The van der Waals surface area contributed by atoms with Crippen molar-refractivity contribution in [3.63, 3.8) is 0 Å². The highest BCUT2D eigenvalue weighted by molar-refractivity contribution is 4.97. The van der Waals surface area contributed by atoms with Gasteiger partial charge in [0.25, 0.3) is 0 Å². The Morgan fingerprint density at radius 3 is 2.50 bits per heavy atom. The average molecular weight is 144 g/mol. The molecule has 0 bridgehead atoms. The summed E-state index contributed by atoms with van der Waals surface area (Å²) in [6.45, 7) is 3.90. The van der Waals surface area contributed by atoms with E-state index >= 15 is 0 Å². The molecule has 0 aromatic carbocycles. The zero-order valence-electron chi connectivity index (χ0n) is 6.92. The number of ether oxygens (including phenoxy) is 1. The molecule has 0 aromatic rings. The van der Waals surface area contributed by atoms with Gasteiger partial charge in [0, 0.05) is 20.2 Å². The summed E-state index contributed by atoms with van der Waals surface area (Å²) in [6.07, 6.45) is 0.192. The third-order valence-electron chi connectivity index (χ3n) is 2.11. The molecule has 2 atom stereocenters. The maximum absolute atomic E-state index is 5.96. The quantitative estimate of drug-likeness (QED) is 0.547. The van der Waals surface area contributed by atoms with E-state index in [0.29, 0.717) is 0 Å². The van der Waals surface area contributed by atoms with Gasteiger partial charge < -0.3 is 15.4 Å². The SMILES string of the molecule is CO[C@@H]1CN(C)C[C@@]1(C)N. The van der Waals surface area contributed by atoms with Crippen LogP contribution in [0.2, 0.25) is 0 Å². The van der Waals surface area contributed by atoms with Crippen LogP contribution in [0.4, 0.5) is 0 Å². The average Bonchev–Trinajstić information content (AvgIpc) is 2.04. The minimum absolute atomic E-state index is 0.163. The van der Waals surface area contributed by atoms with Crippen molar-refractivity contribution >= 4 is 0 Å². The summed E-state index contributed by atoms with van der Waals surface area (Å²) in [6, 6.07) is 0. The topological polar surface area (TPSA) is 38.5 Å². The number of nitrogens with zero attached hydrogens (tertiary/aromatic N) is 1. The predicted octanol–water partition coefficient (Wildman–Crippen LogP) is -0.336. The lowest BCUT2D eigenvalue weighted by Gasteiger charge is -2.23. The van der Waals surface area contributed by atoms with Gasteiger partial charge in [0.1, 0.15) is 0 Å². The van der Waals surface area contributed by atoms with Crippen LogP contribution in [-0.4, -0.2) is 43.8 Å². The summed E-state index contributed by atoms with van der Waals surface area (Å²) in [4.78, 5) is 2.19. The molecule has 3 nitrogen and oxygen atoms in total. The maximum atomic E-state index is 5.96. The van der Waals surface area contributed by atoms with Gasteiger partial charge in [-0.3, -0.25) is 0 Å². The first-order valence-corrected chi connectivity index (χ1v) is 3.56. The monoisotopic (exact) mass is 144 g/mol. The van der Waals surface area contributed by atoms with Crippen molar-refractivity contribution in [2.45, 2.75) is 18.6 Å². The molecule has 0 spiro atoms. The zero-order chi connectivity index (χ0) is 7.78. The first-order valence-electron chi connectivity index (χ1n) is 3.56. The van der Waals surface area contributed by atoms with Crippen LogP contribution in [0, 0.1) is 0 Å². The lowest BCUT2D eigenvalue weighted by molar-refractivity contribution is 0.0720. The second-order valence-corrected chi connectivity index (χ2v) is 3.43. The molecule has 60 valence electrons. The van der Waals surface area contributed by atoms with Crippen molar-refractivity contribution in [2.24, 2.45) is 5.73 Å². The smallest absolute Gasteiger partial charge is 0.0886 e. The molecule has 0 saturated carbocycles. The van der Waals surface area contributed by atoms with E-state index in [-0.39, 0.29) is 11.6 Å². The second-order valence-electron chi connectivity index (χ2n) is 3.43. The highest BCUT2D eigenvalue weighted by atomic mass is 16.5. The second kappa shape index (κ2) is 2.49. The fraction of sp³-hybridized carbons (Fsp3) is 1.00. The van der Waals surface area contributed by atoms with E-state index in [1.54, 1.807) is 7.11 Å². The third kappa shape index (κ3) is 1.31. The molecule has 10 heavy (non-hydrogen) atoms. The van der Waals surface area contributed by atoms with Gasteiger partial charge in [-0.1, -0.05) is 0 Å². The molecular formula is C7H16N2O. The molecule has 0 aromatic heterocycles. The van der Waals surface area contributed by atoms with Crippen LogP contribution in [0.25, 0.3) is 0 Å². The van der Waals surface area contributed by atoms with Gasteiger partial charge in [-0.05, 0) is 14.0 Å². The molecule has 0 aliphatic carbocycles. The lowest BCUT2D eigenvalue weighted by atomic mass is 10.0. The molecular weight excluding hydrogens is 128 g/mol. The van der Waals surface area contributed by atoms with Crippen LogP contribution in [0.5, 0.6) is 0 Å². The van der Waals surface area contributed by atoms with Crippen molar-refractivity contribution in [1.29, 1.82) is 0 Å². The van der Waals surface area contributed by atoms with Crippen LogP contribution < -0.4 is 5.73 Å². The molecule has 3 heteroatoms. The first-order chi connectivity index (χ1) is 4.56. The Bertz CT molecular complexity index is 125. The Kier molecular flexibility index (Phi) is 1.99. The Balaban J connectivity index is 2.58. The normalized spacial score (nSPS) is 42.6. The summed E-state index contributed by atoms with van der Waals surface area (Å²) < 4.78 is 5.23. The van der Waals surface area contributed by atoms with E-state index in [1.807, 2.05) is 6.92 Å². The number of rotatable bonds is 1. The van der Waals surface area contributed by atoms with Gasteiger partial charge in [-0.15, -0.1) is 0 Å². The number of nitrogens with two attached hydrogens (primary N) is 1. The van der Waals surface area contributed by atoms with Gasteiger partial charge in [0.2, 0.25) is 0 Å². The summed E-state index contributed by atoms with van der Waals surface area (Å²) in [7, 11) is 3.78. The molecule has 1 aliphatic rings. The standard InChI is InChI=1S/C7H16N2O/c1-7(8)5-9(2)4-6(7)10-3/h6H,4-5,8H2,1-3H3/t6-,7-/m1/s1. The van der Waals surface area contributed by atoms with E-state index in [0.717, 1.165) is 13.1 Å². The van der Waals surface area contributed by atoms with Gasteiger partial charge in [-0.2, -0.15) is 0 Å². The zero-order valence-corrected chi connectivity index (χ0v) is 6.92. The molecule has 0 amide bonds. The van der Waals surface area contributed by atoms with Crippen molar-refractivity contribution < 1.29 is 4.74 Å². The number of hydrogen-bond acceptors (Lipinski definition) is 3. The summed E-state index contributed by atoms with van der Waals surface area (Å²) >= 11 is 0. The van der Waals surface area contributed by atoms with Crippen molar-refractivity contribution in [1.82, 2.24) is 4.90 Å². The van der Waals surface area contributed by atoms with Gasteiger partial charge in [0.05, 0.1) is 11.6 Å². The fourth-order valence-electron chi connectivity index (χ4n) is 1.58. The summed E-state index contributed by atoms with van der Waals surface area (Å²) in [5, 5.41) is 0. The van der Waals surface area contributed by atoms with Crippen LogP contribution in [0.3, 0.4) is 0 Å². The molecule has 2 N–H and O–H groups in total. The lowest BCUT2D eigenvalue weighted by Crippen LogP contribution is -2.48. The largest absolute Gasteiger partial charge is 0.378 e. The van der Waals surface area contributed by atoms with Crippen molar-refractivity contribution in [2.75, 3.05) is 27.2 Å². The van der Waals surface area contributed by atoms with Crippen LogP contribution in [-0.2, 0) is 4.74 Å². The number of methoxy groups -OCH3 is 1. The highest BCUT2D eigenvalue weighted by Gasteiger charge is 2.38. The fourth-order valence-corrected chi connectivity index (χ4v) is 1.58. The van der Waals surface area contributed by atoms with E-state index in [1.165, 1.54) is 0 Å². The molecule has 1 aliphatic heterocycles. The molecule has 1 saturated heterocycles. The Labute approximate surface area is 62.1 Å². The van der Waals surface area contributed by atoms with Crippen LogP contribution >= 0.6 is 0 Å².